The maximum absolute atomic E-state index is 10.9. The van der Waals surface area contributed by atoms with Crippen LogP contribution in [0.3, 0.4) is 0 Å². The highest BCUT2D eigenvalue weighted by Crippen LogP contribution is 2.30. The molecule has 130 valence electrons. The minimum atomic E-state index is -1.10. The lowest BCUT2D eigenvalue weighted by atomic mass is 10.1. The van der Waals surface area contributed by atoms with E-state index in [4.69, 9.17) is 20.2 Å². The number of hydrogen-bond acceptors (Lipinski definition) is 10. The third-order valence-corrected chi connectivity index (χ3v) is 3.42. The zero-order valence-electron chi connectivity index (χ0n) is 13.2. The zero-order chi connectivity index (χ0) is 17.7. The minimum absolute atomic E-state index is 0.0131. The topological polar surface area (TPSA) is 164 Å². The molecule has 0 spiro atoms. The molecule has 1 saturated heterocycles. The van der Waals surface area contributed by atoms with Crippen LogP contribution in [0.15, 0.2) is 0 Å². The smallest absolute Gasteiger partial charge is 0.251 e. The number of carbonyl (C=O) groups excluding carboxylic acids is 1. The number of ether oxygens (including phenoxy) is 1. The molecule has 3 rings (SSSR count). The summed E-state index contributed by atoms with van der Waals surface area (Å²) in [6.45, 7) is 0.632. The van der Waals surface area contributed by atoms with Crippen LogP contribution in [0.4, 0.5) is 17.3 Å². The molecule has 0 saturated carbocycles. The lowest BCUT2D eigenvalue weighted by Crippen LogP contribution is -2.41. The van der Waals surface area contributed by atoms with Gasteiger partial charge in [0.2, 0.25) is 5.82 Å². The second-order valence-electron chi connectivity index (χ2n) is 4.94. The van der Waals surface area contributed by atoms with Gasteiger partial charge in [-0.15, -0.1) is 0 Å². The predicted octanol–water partition coefficient (Wildman–Crippen LogP) is -1.96. The minimum Gasteiger partial charge on any atom is -0.388 e. The van der Waals surface area contributed by atoms with Crippen molar-refractivity contribution in [1.82, 2.24) is 15.3 Å². The summed E-state index contributed by atoms with van der Waals surface area (Å²) in [5.41, 5.74) is 0.821. The molecule has 11 heteroatoms. The highest BCUT2D eigenvalue weighted by molar-refractivity contribution is 5.81. The lowest BCUT2D eigenvalue weighted by Gasteiger charge is -2.12. The summed E-state index contributed by atoms with van der Waals surface area (Å²) in [6, 6.07) is 1.90. The van der Waals surface area contributed by atoms with Crippen LogP contribution in [-0.2, 0) is 9.53 Å². The number of rotatable bonds is 2. The van der Waals surface area contributed by atoms with Crippen molar-refractivity contribution in [3.05, 3.63) is 5.82 Å². The van der Waals surface area contributed by atoms with Crippen molar-refractivity contribution in [2.75, 3.05) is 43.3 Å². The van der Waals surface area contributed by atoms with Crippen LogP contribution in [0.2, 0.25) is 0 Å². The third-order valence-electron chi connectivity index (χ3n) is 3.42. The first-order chi connectivity index (χ1) is 11.5. The number of aliphatic hydroxyl groups is 2. The predicted molar refractivity (Wildman–Crippen MR) is 84.2 cm³/mol. The molecule has 0 unspecified atom stereocenters. The standard InChI is InChI=1S/C7H8N6.C6H11NO4/c1-9-6-5-7(11-3-10-5)13-4(2-8)12-6;1-7-6(10)5-4(9)3(8)2-11-5/h10H,3H2,1H3,(H2,9,11,12,13);3-5,8-9H,2H2,1H3,(H,7,10)/t;3-,4-,5-/m.0/s1. The molecular formula is C13H19N7O4. The van der Waals surface area contributed by atoms with Gasteiger partial charge >= 0.3 is 0 Å². The van der Waals surface area contributed by atoms with E-state index in [1.54, 1.807) is 7.05 Å². The van der Waals surface area contributed by atoms with E-state index < -0.39 is 24.2 Å². The van der Waals surface area contributed by atoms with Crippen LogP contribution in [0.25, 0.3) is 0 Å². The number of aromatic nitrogens is 2. The average Bonchev–Trinajstić information content (AvgIpc) is 3.21. The van der Waals surface area contributed by atoms with Crippen LogP contribution < -0.4 is 21.3 Å². The van der Waals surface area contributed by atoms with Gasteiger partial charge in [-0.05, 0) is 0 Å². The number of nitrogens with one attached hydrogen (secondary N) is 4. The molecule has 3 atom stereocenters. The molecule has 1 aromatic heterocycles. The molecule has 0 bridgehead atoms. The summed E-state index contributed by atoms with van der Waals surface area (Å²) in [5, 5.41) is 38.0. The first kappa shape index (κ1) is 17.7. The number of nitriles is 1. The van der Waals surface area contributed by atoms with Crippen molar-refractivity contribution >= 4 is 23.2 Å². The Balaban J connectivity index is 0.000000177. The van der Waals surface area contributed by atoms with E-state index in [1.807, 2.05) is 6.07 Å². The number of nitrogens with zero attached hydrogens (tertiary/aromatic N) is 3. The van der Waals surface area contributed by atoms with Crippen molar-refractivity contribution in [2.45, 2.75) is 18.3 Å². The van der Waals surface area contributed by atoms with Crippen molar-refractivity contribution < 1.29 is 19.7 Å². The van der Waals surface area contributed by atoms with Crippen LogP contribution in [0.5, 0.6) is 0 Å². The number of hydrogen-bond donors (Lipinski definition) is 6. The highest BCUT2D eigenvalue weighted by atomic mass is 16.5. The summed E-state index contributed by atoms with van der Waals surface area (Å²) in [7, 11) is 3.20. The Labute approximate surface area is 138 Å². The van der Waals surface area contributed by atoms with Crippen LogP contribution >= 0.6 is 0 Å². The molecule has 0 aliphatic carbocycles. The van der Waals surface area contributed by atoms with E-state index in [9.17, 15) is 4.79 Å². The number of aliphatic hydroxyl groups excluding tert-OH is 2. The van der Waals surface area contributed by atoms with Gasteiger partial charge in [-0.3, -0.25) is 4.79 Å². The van der Waals surface area contributed by atoms with E-state index in [0.717, 1.165) is 5.69 Å². The maximum Gasteiger partial charge on any atom is 0.251 e. The molecule has 2 aliphatic heterocycles. The molecular weight excluding hydrogens is 318 g/mol. The number of carbonyl (C=O) groups is 1. The third kappa shape index (κ3) is 3.62. The number of likely N-dealkylation sites (N-methyl/N-ethyl adjacent to an activating group) is 1. The van der Waals surface area contributed by atoms with E-state index in [0.29, 0.717) is 18.3 Å². The monoisotopic (exact) mass is 337 g/mol. The van der Waals surface area contributed by atoms with E-state index in [-0.39, 0.29) is 12.4 Å². The van der Waals surface area contributed by atoms with Crippen molar-refractivity contribution in [2.24, 2.45) is 0 Å². The van der Waals surface area contributed by atoms with Gasteiger partial charge < -0.3 is 36.2 Å². The second-order valence-corrected chi connectivity index (χ2v) is 4.94. The van der Waals surface area contributed by atoms with Crippen molar-refractivity contribution in [1.29, 1.82) is 5.26 Å². The Morgan fingerprint density at radius 2 is 2.12 bits per heavy atom. The Kier molecular flexibility index (Phi) is 5.69. The average molecular weight is 337 g/mol. The molecule has 6 N–H and O–H groups in total. The summed E-state index contributed by atoms with van der Waals surface area (Å²) in [6.07, 6.45) is -2.97. The van der Waals surface area contributed by atoms with Gasteiger partial charge in [-0.25, -0.2) is 0 Å². The number of anilines is 3. The van der Waals surface area contributed by atoms with Gasteiger partial charge in [0, 0.05) is 14.1 Å². The zero-order valence-corrected chi connectivity index (χ0v) is 13.2. The Bertz CT molecular complexity index is 648. The normalized spacial score (nSPS) is 23.7. The summed E-state index contributed by atoms with van der Waals surface area (Å²) < 4.78 is 4.82. The fraction of sp³-hybridized carbons (Fsp3) is 0.538. The summed E-state index contributed by atoms with van der Waals surface area (Å²) in [5.74, 6) is 1.08. The fourth-order valence-electron chi connectivity index (χ4n) is 2.18. The van der Waals surface area contributed by atoms with E-state index in [2.05, 4.69) is 31.2 Å². The molecule has 1 amide bonds. The molecule has 2 aliphatic rings. The summed E-state index contributed by atoms with van der Waals surface area (Å²) in [4.78, 5) is 18.9. The SMILES string of the molecule is CNC(=O)[C@H]1OC[C@H](O)[C@@H]1O.CNc1nc(C#N)nc2c1NCN2. The van der Waals surface area contributed by atoms with Gasteiger partial charge in [-0.1, -0.05) is 0 Å². The first-order valence-corrected chi connectivity index (χ1v) is 7.18. The fourth-order valence-corrected chi connectivity index (χ4v) is 2.18. The molecule has 0 radical (unpaired) electrons. The van der Waals surface area contributed by atoms with Gasteiger partial charge in [0.1, 0.15) is 24.0 Å². The lowest BCUT2D eigenvalue weighted by molar-refractivity contribution is -0.133. The van der Waals surface area contributed by atoms with Crippen molar-refractivity contribution in [3.63, 3.8) is 0 Å². The largest absolute Gasteiger partial charge is 0.388 e. The number of fused-ring (bicyclic) bond motifs is 1. The van der Waals surface area contributed by atoms with Gasteiger partial charge in [0.15, 0.2) is 17.7 Å². The summed E-state index contributed by atoms with van der Waals surface area (Å²) >= 11 is 0. The van der Waals surface area contributed by atoms with E-state index >= 15 is 0 Å². The maximum atomic E-state index is 10.9. The Hall–Kier alpha value is -2.68. The van der Waals surface area contributed by atoms with Crippen molar-refractivity contribution in [3.8, 4) is 6.07 Å². The quantitative estimate of drug-likeness (QED) is 0.357. The van der Waals surface area contributed by atoms with Gasteiger partial charge in [0.05, 0.1) is 13.3 Å². The van der Waals surface area contributed by atoms with E-state index in [1.165, 1.54) is 7.05 Å². The highest BCUT2D eigenvalue weighted by Gasteiger charge is 2.38. The Morgan fingerprint density at radius 1 is 1.38 bits per heavy atom. The molecule has 11 nitrogen and oxygen atoms in total. The molecule has 3 heterocycles. The molecule has 24 heavy (non-hydrogen) atoms. The van der Waals surface area contributed by atoms with Crippen LogP contribution in [-0.4, -0.2) is 71.8 Å². The van der Waals surface area contributed by atoms with Gasteiger partial charge in [0.25, 0.3) is 5.91 Å². The molecule has 1 aromatic rings. The van der Waals surface area contributed by atoms with Gasteiger partial charge in [-0.2, -0.15) is 15.2 Å². The second kappa shape index (κ2) is 7.73. The first-order valence-electron chi connectivity index (χ1n) is 7.18. The van der Waals surface area contributed by atoms with Crippen LogP contribution in [0, 0.1) is 11.3 Å². The molecule has 1 fully saturated rings. The van der Waals surface area contributed by atoms with Crippen LogP contribution in [0.1, 0.15) is 5.82 Å². The molecule has 0 aromatic carbocycles. The number of amides is 1. The Morgan fingerprint density at radius 3 is 2.67 bits per heavy atom.